The molecule has 0 saturated heterocycles. The van der Waals surface area contributed by atoms with Crippen LogP contribution in [0.2, 0.25) is 0 Å². The Bertz CT molecular complexity index is 15.5. The van der Waals surface area contributed by atoms with Crippen molar-refractivity contribution in [1.29, 1.82) is 0 Å². The molecule has 26 valence electrons. The maximum atomic E-state index is 8.89. The molecule has 0 heterocycles. The van der Waals surface area contributed by atoms with Gasteiger partial charge in [0.05, 0.1) is 0 Å². The Labute approximate surface area is 45.0 Å². The molecule has 1 nitrogen and oxygen atoms in total. The molecule has 0 saturated carbocycles. The molecule has 4 heavy (non-hydrogen) atoms. The van der Waals surface area contributed by atoms with Crippen molar-refractivity contribution in [2.45, 2.75) is 0 Å². The summed E-state index contributed by atoms with van der Waals surface area (Å²) >= 11 is -0.0833. The first-order chi connectivity index (χ1) is 1.41. The zero-order valence-corrected chi connectivity index (χ0v) is 5.44. The van der Waals surface area contributed by atoms with Crippen LogP contribution in [-0.2, 0) is 36.8 Å². The van der Waals surface area contributed by atoms with E-state index in [0.29, 0.717) is 0 Å². The van der Waals surface area contributed by atoms with Gasteiger partial charge in [-0.05, 0) is 0 Å². The van der Waals surface area contributed by atoms with Crippen molar-refractivity contribution in [2.24, 2.45) is 0 Å². The van der Waals surface area contributed by atoms with Gasteiger partial charge in [0.25, 0.3) is 0 Å². The fourth-order valence-electron chi connectivity index (χ4n) is 0. The Balaban J connectivity index is 0. The predicted molar refractivity (Wildman–Crippen MR) is 10.4 cm³/mol. The topological polar surface area (TPSA) is 17.1 Å². The third kappa shape index (κ3) is 10.2. The first kappa shape index (κ1) is 9.01. The minimum atomic E-state index is -0.0833. The average molecular weight is 156 g/mol. The van der Waals surface area contributed by atoms with Crippen LogP contribution in [-0.4, -0.2) is 0 Å². The third-order valence-corrected chi connectivity index (χ3v) is 0. The van der Waals surface area contributed by atoms with E-state index in [-0.39, 0.29) is 33.0 Å². The van der Waals surface area contributed by atoms with Crippen molar-refractivity contribution in [3.05, 3.63) is 0 Å². The monoisotopic (exact) mass is 156 g/mol. The summed E-state index contributed by atoms with van der Waals surface area (Å²) in [5, 5.41) is 0. The van der Waals surface area contributed by atoms with Gasteiger partial charge in [-0.2, -0.15) is 0 Å². The molecule has 0 aromatic heterocycles. The molecule has 0 bridgehead atoms. The Kier molecular flexibility index (Phi) is 19.9. The molecule has 1 radical (unpaired) electrons. The van der Waals surface area contributed by atoms with E-state index in [4.69, 9.17) is 3.83 Å². The maximum Gasteiger partial charge on any atom is 0 e. The molecule has 0 spiro atoms. The standard InChI is InChI=1S/Fe.O.H2P.V/h;;1H2;/q+1;;-1;. The zero-order chi connectivity index (χ0) is 2.71. The fraction of sp³-hybridized carbons (Fsp3) is 0. The fourth-order valence-corrected chi connectivity index (χ4v) is 0. The SMILES string of the molecule is [O]=[Fe][PH2].[V]. The van der Waals surface area contributed by atoms with E-state index in [1.807, 2.05) is 7.93 Å². The minimum absolute atomic E-state index is 0. The minimum Gasteiger partial charge on any atom is 0 e. The van der Waals surface area contributed by atoms with E-state index in [1.54, 1.807) is 0 Å². The summed E-state index contributed by atoms with van der Waals surface area (Å²) in [5.41, 5.74) is 0. The summed E-state index contributed by atoms with van der Waals surface area (Å²) in [4.78, 5) is 0. The molecule has 0 N–H and O–H groups in total. The van der Waals surface area contributed by atoms with E-state index in [2.05, 4.69) is 0 Å². The first-order valence-corrected chi connectivity index (χ1v) is 3.12. The van der Waals surface area contributed by atoms with Crippen LogP contribution < -0.4 is 0 Å². The first-order valence-electron chi connectivity index (χ1n) is 0.348. The Morgan fingerprint density at radius 2 is 1.75 bits per heavy atom. The molecule has 1 atom stereocenters. The molecule has 0 aromatic rings. The number of rotatable bonds is 0. The van der Waals surface area contributed by atoms with Gasteiger partial charge in [-0.15, -0.1) is 0 Å². The Morgan fingerprint density at radius 3 is 1.75 bits per heavy atom. The summed E-state index contributed by atoms with van der Waals surface area (Å²) in [6.45, 7) is 0. The number of hydrogen-bond acceptors (Lipinski definition) is 1. The van der Waals surface area contributed by atoms with E-state index in [0.717, 1.165) is 0 Å². The molecule has 4 heteroatoms. The normalized spacial score (nSPS) is 4.25. The van der Waals surface area contributed by atoms with Crippen LogP contribution in [0.3, 0.4) is 0 Å². The molecule has 0 fully saturated rings. The van der Waals surface area contributed by atoms with Crippen LogP contribution in [0.25, 0.3) is 0 Å². The largest absolute Gasteiger partial charge is 0 e. The second-order valence-electron chi connectivity index (χ2n) is 0.0833. The van der Waals surface area contributed by atoms with E-state index < -0.39 is 0 Å². The van der Waals surface area contributed by atoms with Gasteiger partial charge in [-0.1, -0.05) is 0 Å². The smallest absolute Gasteiger partial charge is 0 e. The summed E-state index contributed by atoms with van der Waals surface area (Å²) in [6, 6.07) is 0. The second-order valence-corrected chi connectivity index (χ2v) is 1.03. The quantitative estimate of drug-likeness (QED) is 0.361. The molecule has 0 aliphatic rings. The van der Waals surface area contributed by atoms with Gasteiger partial charge in [-0.25, -0.2) is 0 Å². The van der Waals surface area contributed by atoms with Gasteiger partial charge in [0.15, 0.2) is 0 Å². The van der Waals surface area contributed by atoms with Crippen LogP contribution in [0.15, 0.2) is 0 Å². The summed E-state index contributed by atoms with van der Waals surface area (Å²) in [5.74, 6) is 0. The van der Waals surface area contributed by atoms with E-state index in [1.165, 1.54) is 0 Å². The van der Waals surface area contributed by atoms with Crippen LogP contribution in [0.4, 0.5) is 0 Å². The number of hydrogen-bond donors (Lipinski definition) is 0. The van der Waals surface area contributed by atoms with Crippen molar-refractivity contribution in [3.63, 3.8) is 0 Å². The van der Waals surface area contributed by atoms with Gasteiger partial charge in [0.2, 0.25) is 0 Å². The van der Waals surface area contributed by atoms with Crippen LogP contribution in [0, 0.1) is 0 Å². The molecule has 0 aliphatic carbocycles. The van der Waals surface area contributed by atoms with Crippen molar-refractivity contribution < 1.29 is 36.8 Å². The zero-order valence-electron chi connectivity index (χ0n) is 1.79. The van der Waals surface area contributed by atoms with Gasteiger partial charge in [-0.3, -0.25) is 0 Å². The van der Waals surface area contributed by atoms with Crippen LogP contribution in [0.5, 0.6) is 0 Å². The molecule has 1 unspecified atom stereocenters. The van der Waals surface area contributed by atoms with Gasteiger partial charge >= 0.3 is 26.2 Å². The van der Waals surface area contributed by atoms with E-state index >= 15 is 0 Å². The van der Waals surface area contributed by atoms with Crippen LogP contribution >= 0.6 is 7.93 Å². The Hall–Kier alpha value is 1.33. The summed E-state index contributed by atoms with van der Waals surface area (Å²) < 4.78 is 8.89. The average Bonchev–Trinajstić information content (AvgIpc) is 0.918. The predicted octanol–water partition coefficient (Wildman–Crippen LogP) is 0.202. The van der Waals surface area contributed by atoms with Crippen molar-refractivity contribution in [2.75, 3.05) is 0 Å². The van der Waals surface area contributed by atoms with Crippen molar-refractivity contribution in [3.8, 4) is 0 Å². The Morgan fingerprint density at radius 1 is 1.75 bits per heavy atom. The summed E-state index contributed by atoms with van der Waals surface area (Å²) in [7, 11) is 2.02. The second kappa shape index (κ2) is 8.84. The van der Waals surface area contributed by atoms with Gasteiger partial charge in [0, 0.05) is 18.6 Å². The molecular weight excluding hydrogens is 154 g/mol. The summed E-state index contributed by atoms with van der Waals surface area (Å²) in [6.07, 6.45) is 0. The molecule has 0 aromatic carbocycles. The molecule has 0 amide bonds. The van der Waals surface area contributed by atoms with Crippen LogP contribution in [0.1, 0.15) is 0 Å². The van der Waals surface area contributed by atoms with Gasteiger partial charge in [0.1, 0.15) is 0 Å². The third-order valence-electron chi connectivity index (χ3n) is 0. The molecule has 0 rings (SSSR count). The maximum absolute atomic E-state index is 8.89. The van der Waals surface area contributed by atoms with Crippen molar-refractivity contribution >= 4 is 7.93 Å². The van der Waals surface area contributed by atoms with Gasteiger partial charge < -0.3 is 0 Å². The van der Waals surface area contributed by atoms with Crippen molar-refractivity contribution in [1.82, 2.24) is 0 Å². The van der Waals surface area contributed by atoms with E-state index in [9.17, 15) is 0 Å². The molecular formula is H2FeOPV. The molecule has 0 aliphatic heterocycles.